The number of hydrogen-bond acceptors (Lipinski definition) is 3. The Balaban J connectivity index is 2.14. The first kappa shape index (κ1) is 7.68. The summed E-state index contributed by atoms with van der Waals surface area (Å²) >= 11 is 1.65. The van der Waals surface area contributed by atoms with Crippen molar-refractivity contribution in [3.8, 4) is 0 Å². The van der Waals surface area contributed by atoms with Crippen molar-refractivity contribution >= 4 is 16.9 Å². The first-order valence-electron chi connectivity index (χ1n) is 3.88. The summed E-state index contributed by atoms with van der Waals surface area (Å²) in [6.07, 6.45) is 0. The van der Waals surface area contributed by atoms with Crippen molar-refractivity contribution in [3.63, 3.8) is 0 Å². The van der Waals surface area contributed by atoms with Gasteiger partial charge in [0, 0.05) is 0 Å². The number of amidine groups is 1. The van der Waals surface area contributed by atoms with E-state index in [9.17, 15) is 0 Å². The van der Waals surface area contributed by atoms with Gasteiger partial charge in [-0.15, -0.1) is 0 Å². The molecule has 62 valence electrons. The van der Waals surface area contributed by atoms with Gasteiger partial charge < -0.3 is 5.73 Å². The molecule has 0 saturated carbocycles. The molecule has 0 fully saturated rings. The highest BCUT2D eigenvalue weighted by Crippen LogP contribution is 2.33. The monoisotopic (exact) mass is 178 g/mol. The lowest BCUT2D eigenvalue weighted by Crippen LogP contribution is -2.02. The van der Waals surface area contributed by atoms with E-state index in [0.29, 0.717) is 10.4 Å². The molecule has 1 unspecified atom stereocenters. The zero-order valence-electron chi connectivity index (χ0n) is 6.60. The topological polar surface area (TPSA) is 38.4 Å². The minimum Gasteiger partial charge on any atom is -0.379 e. The Morgan fingerprint density at radius 3 is 2.67 bits per heavy atom. The third-order valence-electron chi connectivity index (χ3n) is 1.85. The van der Waals surface area contributed by atoms with Crippen molar-refractivity contribution in [2.24, 2.45) is 10.7 Å². The van der Waals surface area contributed by atoms with E-state index in [4.69, 9.17) is 5.73 Å². The Bertz CT molecular complexity index is 295. The summed E-state index contributed by atoms with van der Waals surface area (Å²) in [5, 5.41) is 1.15. The molecule has 0 radical (unpaired) electrons. The molecule has 0 spiro atoms. The summed E-state index contributed by atoms with van der Waals surface area (Å²) in [5.41, 5.74) is 6.89. The van der Waals surface area contributed by atoms with Crippen LogP contribution in [0.2, 0.25) is 0 Å². The van der Waals surface area contributed by atoms with E-state index in [1.54, 1.807) is 11.8 Å². The number of rotatable bonds is 1. The molecule has 1 atom stereocenters. The van der Waals surface area contributed by atoms with E-state index in [1.807, 2.05) is 18.2 Å². The number of nitrogens with two attached hydrogens (primary N) is 1. The smallest absolute Gasteiger partial charge is 0.154 e. The maximum atomic E-state index is 5.58. The molecular weight excluding hydrogens is 168 g/mol. The predicted octanol–water partition coefficient (Wildman–Crippen LogP) is 1.79. The molecule has 2 nitrogen and oxygen atoms in total. The normalized spacial score (nSPS) is 22.3. The van der Waals surface area contributed by atoms with E-state index in [-0.39, 0.29) is 0 Å². The third kappa shape index (κ3) is 1.46. The number of benzene rings is 1. The van der Waals surface area contributed by atoms with Crippen molar-refractivity contribution in [1.29, 1.82) is 0 Å². The summed E-state index contributed by atoms with van der Waals surface area (Å²) < 4.78 is 0. The minimum atomic E-state index is 0.436. The lowest BCUT2D eigenvalue weighted by Gasteiger charge is -2.06. The Morgan fingerprint density at radius 2 is 2.08 bits per heavy atom. The van der Waals surface area contributed by atoms with Crippen molar-refractivity contribution in [1.82, 2.24) is 0 Å². The number of thioether (sulfide) groups is 1. The average Bonchev–Trinajstić information content (AvgIpc) is 2.54. The Hall–Kier alpha value is -0.960. The van der Waals surface area contributed by atoms with Gasteiger partial charge in [-0.2, -0.15) is 0 Å². The fourth-order valence-corrected chi connectivity index (χ4v) is 2.12. The lowest BCUT2D eigenvalue weighted by atomic mass is 10.1. The molecule has 1 aromatic carbocycles. The van der Waals surface area contributed by atoms with Crippen LogP contribution in [-0.4, -0.2) is 11.7 Å². The number of nitrogens with zero attached hydrogens (tertiary/aromatic N) is 1. The highest BCUT2D eigenvalue weighted by atomic mass is 32.2. The molecule has 1 aromatic rings. The van der Waals surface area contributed by atoms with Crippen molar-refractivity contribution in [3.05, 3.63) is 35.9 Å². The third-order valence-corrected chi connectivity index (χ3v) is 2.92. The molecule has 1 aliphatic heterocycles. The average molecular weight is 178 g/mol. The first-order valence-corrected chi connectivity index (χ1v) is 4.76. The summed E-state index contributed by atoms with van der Waals surface area (Å²) in [7, 11) is 0. The van der Waals surface area contributed by atoms with Crippen molar-refractivity contribution in [2.75, 3.05) is 6.54 Å². The minimum absolute atomic E-state index is 0.436. The maximum absolute atomic E-state index is 5.58. The SMILES string of the molecule is NC1=NCC(c2ccccc2)S1. The standard InChI is InChI=1S/C9H10N2S/c10-9-11-6-8(12-9)7-4-2-1-3-5-7/h1-5,8H,6H2,(H2,10,11). The molecule has 2 N–H and O–H groups in total. The van der Waals surface area contributed by atoms with E-state index < -0.39 is 0 Å². The molecular formula is C9H10N2S. The zero-order valence-corrected chi connectivity index (χ0v) is 7.42. The van der Waals surface area contributed by atoms with Crippen LogP contribution >= 0.6 is 11.8 Å². The van der Waals surface area contributed by atoms with Crippen LogP contribution in [0.15, 0.2) is 35.3 Å². The summed E-state index contributed by atoms with van der Waals surface area (Å²) in [4.78, 5) is 4.15. The highest BCUT2D eigenvalue weighted by molar-refractivity contribution is 8.14. The fraction of sp³-hybridized carbons (Fsp3) is 0.222. The molecule has 2 rings (SSSR count). The second-order valence-corrected chi connectivity index (χ2v) is 3.92. The molecule has 0 bridgehead atoms. The van der Waals surface area contributed by atoms with E-state index in [2.05, 4.69) is 17.1 Å². The van der Waals surface area contributed by atoms with Gasteiger partial charge in [0.05, 0.1) is 11.8 Å². The van der Waals surface area contributed by atoms with Gasteiger partial charge in [0.15, 0.2) is 5.17 Å². The largest absolute Gasteiger partial charge is 0.379 e. The van der Waals surface area contributed by atoms with Crippen LogP contribution in [-0.2, 0) is 0 Å². The molecule has 1 aliphatic rings. The highest BCUT2D eigenvalue weighted by Gasteiger charge is 2.18. The second kappa shape index (κ2) is 3.19. The quantitative estimate of drug-likeness (QED) is 0.712. The van der Waals surface area contributed by atoms with Gasteiger partial charge in [0.1, 0.15) is 0 Å². The maximum Gasteiger partial charge on any atom is 0.154 e. The van der Waals surface area contributed by atoms with Gasteiger partial charge >= 0.3 is 0 Å². The van der Waals surface area contributed by atoms with Crippen LogP contribution in [0, 0.1) is 0 Å². The van der Waals surface area contributed by atoms with Crippen LogP contribution in [0.4, 0.5) is 0 Å². The van der Waals surface area contributed by atoms with Gasteiger partial charge in [0.25, 0.3) is 0 Å². The van der Waals surface area contributed by atoms with Crippen molar-refractivity contribution in [2.45, 2.75) is 5.25 Å². The molecule has 12 heavy (non-hydrogen) atoms. The van der Waals surface area contributed by atoms with Gasteiger partial charge in [0.2, 0.25) is 0 Å². The molecule has 3 heteroatoms. The Morgan fingerprint density at radius 1 is 1.33 bits per heavy atom. The van der Waals surface area contributed by atoms with Crippen LogP contribution in [0.5, 0.6) is 0 Å². The van der Waals surface area contributed by atoms with E-state index >= 15 is 0 Å². The fourth-order valence-electron chi connectivity index (χ4n) is 1.23. The molecule has 0 aromatic heterocycles. The molecule has 1 heterocycles. The van der Waals surface area contributed by atoms with E-state index in [0.717, 1.165) is 6.54 Å². The Kier molecular flexibility index (Phi) is 2.04. The first-order chi connectivity index (χ1) is 5.86. The number of aliphatic imine (C=N–C) groups is 1. The van der Waals surface area contributed by atoms with E-state index in [1.165, 1.54) is 5.56 Å². The van der Waals surface area contributed by atoms with Crippen molar-refractivity contribution < 1.29 is 0 Å². The van der Waals surface area contributed by atoms with Crippen LogP contribution < -0.4 is 5.73 Å². The van der Waals surface area contributed by atoms with Crippen LogP contribution in [0.25, 0.3) is 0 Å². The molecule has 0 amide bonds. The lowest BCUT2D eigenvalue weighted by molar-refractivity contribution is 0.965. The van der Waals surface area contributed by atoms with Gasteiger partial charge in [-0.1, -0.05) is 42.1 Å². The van der Waals surface area contributed by atoms with Gasteiger partial charge in [-0.05, 0) is 5.56 Å². The van der Waals surface area contributed by atoms with Crippen LogP contribution in [0.3, 0.4) is 0 Å². The zero-order chi connectivity index (χ0) is 8.39. The van der Waals surface area contributed by atoms with Gasteiger partial charge in [-0.25, -0.2) is 0 Å². The van der Waals surface area contributed by atoms with Crippen LogP contribution in [0.1, 0.15) is 10.8 Å². The summed E-state index contributed by atoms with van der Waals surface area (Å²) in [6.45, 7) is 0.820. The summed E-state index contributed by atoms with van der Waals surface area (Å²) in [5.74, 6) is 0. The molecule has 0 aliphatic carbocycles. The Labute approximate surface area is 75.9 Å². The van der Waals surface area contributed by atoms with Gasteiger partial charge in [-0.3, -0.25) is 4.99 Å². The predicted molar refractivity (Wildman–Crippen MR) is 53.3 cm³/mol. The number of hydrogen-bond donors (Lipinski definition) is 1. The summed E-state index contributed by atoms with van der Waals surface area (Å²) in [6, 6.07) is 10.3. The second-order valence-electron chi connectivity index (χ2n) is 2.70. The molecule has 0 saturated heterocycles.